The Hall–Kier alpha value is -0.600. The lowest BCUT2D eigenvalue weighted by Crippen LogP contribution is -2.39. The fourth-order valence-electron chi connectivity index (χ4n) is 2.81. The minimum Gasteiger partial charge on any atom is -0.390 e. The Balaban J connectivity index is 2.25. The number of aliphatic hydroxyl groups excluding tert-OH is 1. The van der Waals surface area contributed by atoms with Crippen molar-refractivity contribution in [3.8, 4) is 0 Å². The van der Waals surface area contributed by atoms with Crippen LogP contribution < -0.4 is 0 Å². The van der Waals surface area contributed by atoms with Crippen molar-refractivity contribution in [1.29, 1.82) is 0 Å². The quantitative estimate of drug-likeness (QED) is 0.469. The fraction of sp³-hybridized carbons (Fsp3) is 0.765. The maximum atomic E-state index is 10.3. The van der Waals surface area contributed by atoms with Crippen LogP contribution in [0.3, 0.4) is 0 Å². The van der Waals surface area contributed by atoms with Gasteiger partial charge in [0.05, 0.1) is 17.8 Å². The van der Waals surface area contributed by atoms with Gasteiger partial charge in [-0.15, -0.1) is 13.2 Å². The molecule has 110 valence electrons. The average Bonchev–Trinajstić information content (AvgIpc) is 2.79. The molecule has 1 fully saturated rings. The highest BCUT2D eigenvalue weighted by molar-refractivity contribution is 4.91. The molecule has 0 aromatic heterocycles. The van der Waals surface area contributed by atoms with Crippen molar-refractivity contribution in [2.45, 2.75) is 82.5 Å². The van der Waals surface area contributed by atoms with Crippen LogP contribution >= 0.6 is 0 Å². The molecule has 1 rings (SSSR count). The molecule has 1 aliphatic rings. The van der Waals surface area contributed by atoms with Crippen molar-refractivity contribution < 1.29 is 9.84 Å². The molecule has 0 amide bonds. The normalized spacial score (nSPS) is 28.2. The second-order valence-corrected chi connectivity index (χ2v) is 5.90. The number of hydrogen-bond acceptors (Lipinski definition) is 2. The van der Waals surface area contributed by atoms with Crippen LogP contribution in [0.1, 0.15) is 64.7 Å². The lowest BCUT2D eigenvalue weighted by molar-refractivity contribution is -0.108. The zero-order valence-electron chi connectivity index (χ0n) is 12.4. The van der Waals surface area contributed by atoms with Gasteiger partial charge in [0.25, 0.3) is 0 Å². The molecule has 0 unspecified atom stereocenters. The summed E-state index contributed by atoms with van der Waals surface area (Å²) in [6, 6.07) is 0. The number of hydrogen-bond donors (Lipinski definition) is 1. The Bertz CT molecular complexity index is 274. The number of ether oxygens (including phenoxy) is 1. The van der Waals surface area contributed by atoms with E-state index in [1.165, 1.54) is 12.8 Å². The minimum atomic E-state index is -0.329. The van der Waals surface area contributed by atoms with Gasteiger partial charge in [0.15, 0.2) is 0 Å². The summed E-state index contributed by atoms with van der Waals surface area (Å²) in [5.41, 5.74) is -0.329. The van der Waals surface area contributed by atoms with Crippen LogP contribution in [0.5, 0.6) is 0 Å². The summed E-state index contributed by atoms with van der Waals surface area (Å²) in [6.07, 6.45) is 13.3. The lowest BCUT2D eigenvalue weighted by Gasteiger charge is -2.30. The van der Waals surface area contributed by atoms with Crippen molar-refractivity contribution in [3.05, 3.63) is 25.3 Å². The van der Waals surface area contributed by atoms with Gasteiger partial charge in [-0.3, -0.25) is 0 Å². The first-order valence-electron chi connectivity index (χ1n) is 7.70. The van der Waals surface area contributed by atoms with Gasteiger partial charge in [0.2, 0.25) is 0 Å². The van der Waals surface area contributed by atoms with E-state index in [0.717, 1.165) is 44.9 Å². The van der Waals surface area contributed by atoms with Gasteiger partial charge in [-0.25, -0.2) is 0 Å². The van der Waals surface area contributed by atoms with Crippen molar-refractivity contribution in [1.82, 2.24) is 0 Å². The van der Waals surface area contributed by atoms with Crippen molar-refractivity contribution in [3.63, 3.8) is 0 Å². The number of allylic oxidation sites excluding steroid dienone is 2. The van der Waals surface area contributed by atoms with Gasteiger partial charge in [0, 0.05) is 0 Å². The molecular weight excluding hydrogens is 236 g/mol. The maximum absolute atomic E-state index is 10.3. The van der Waals surface area contributed by atoms with E-state index in [9.17, 15) is 5.11 Å². The van der Waals surface area contributed by atoms with Crippen LogP contribution in [-0.2, 0) is 4.74 Å². The predicted molar refractivity (Wildman–Crippen MR) is 81.2 cm³/mol. The van der Waals surface area contributed by atoms with E-state index in [2.05, 4.69) is 20.1 Å². The summed E-state index contributed by atoms with van der Waals surface area (Å²) >= 11 is 0. The Morgan fingerprint density at radius 1 is 1.26 bits per heavy atom. The first kappa shape index (κ1) is 16.5. The van der Waals surface area contributed by atoms with E-state index in [0.29, 0.717) is 6.10 Å². The largest absolute Gasteiger partial charge is 0.390 e. The van der Waals surface area contributed by atoms with Gasteiger partial charge >= 0.3 is 0 Å². The zero-order valence-corrected chi connectivity index (χ0v) is 12.4. The summed E-state index contributed by atoms with van der Waals surface area (Å²) in [7, 11) is 0. The number of rotatable bonds is 10. The SMILES string of the molecule is C=CCCCCC[C@@H](O)[C@]1(C)CC[C@H](CCC=C)O1. The van der Waals surface area contributed by atoms with E-state index < -0.39 is 0 Å². The predicted octanol–water partition coefficient (Wildman–Crippen LogP) is 4.39. The molecular formula is C17H30O2. The van der Waals surface area contributed by atoms with Crippen LogP contribution in [0.4, 0.5) is 0 Å². The number of aliphatic hydroxyl groups is 1. The molecule has 1 N–H and O–H groups in total. The number of unbranched alkanes of at least 4 members (excludes halogenated alkanes) is 3. The third-order valence-corrected chi connectivity index (χ3v) is 4.18. The van der Waals surface area contributed by atoms with Crippen LogP contribution in [0.15, 0.2) is 25.3 Å². The van der Waals surface area contributed by atoms with Gasteiger partial charge in [-0.1, -0.05) is 25.0 Å². The highest BCUT2D eigenvalue weighted by Crippen LogP contribution is 2.36. The van der Waals surface area contributed by atoms with Gasteiger partial charge in [-0.05, 0) is 51.9 Å². The Morgan fingerprint density at radius 2 is 2.00 bits per heavy atom. The monoisotopic (exact) mass is 266 g/mol. The van der Waals surface area contributed by atoms with E-state index >= 15 is 0 Å². The molecule has 0 saturated carbocycles. The Labute approximate surface area is 118 Å². The molecule has 0 aromatic carbocycles. The van der Waals surface area contributed by atoms with Gasteiger partial charge < -0.3 is 9.84 Å². The molecule has 1 saturated heterocycles. The van der Waals surface area contributed by atoms with Crippen LogP contribution in [0.25, 0.3) is 0 Å². The Morgan fingerprint density at radius 3 is 2.68 bits per heavy atom. The summed E-state index contributed by atoms with van der Waals surface area (Å²) in [5, 5.41) is 10.3. The molecule has 0 radical (unpaired) electrons. The minimum absolute atomic E-state index is 0.304. The topological polar surface area (TPSA) is 29.5 Å². The van der Waals surface area contributed by atoms with Crippen LogP contribution in [0.2, 0.25) is 0 Å². The first-order valence-corrected chi connectivity index (χ1v) is 7.70. The standard InChI is InChI=1S/C17H30O2/c1-4-6-8-9-10-12-16(18)17(3)14-13-15(19-17)11-7-5-2/h4-5,15-16,18H,1-2,6-14H2,3H3/t15-,16+,17-/m0/s1. The summed E-state index contributed by atoms with van der Waals surface area (Å²) in [4.78, 5) is 0. The van der Waals surface area contributed by atoms with Crippen LogP contribution in [0, 0.1) is 0 Å². The highest BCUT2D eigenvalue weighted by atomic mass is 16.5. The highest BCUT2D eigenvalue weighted by Gasteiger charge is 2.41. The average molecular weight is 266 g/mol. The summed E-state index contributed by atoms with van der Waals surface area (Å²) in [6.45, 7) is 9.53. The molecule has 0 spiro atoms. The smallest absolute Gasteiger partial charge is 0.0916 e. The molecule has 0 bridgehead atoms. The Kier molecular flexibility index (Phi) is 7.40. The lowest BCUT2D eigenvalue weighted by atomic mass is 9.91. The third-order valence-electron chi connectivity index (χ3n) is 4.18. The first-order chi connectivity index (χ1) is 9.12. The summed E-state index contributed by atoms with van der Waals surface area (Å²) in [5.74, 6) is 0. The van der Waals surface area contributed by atoms with Gasteiger partial charge in [-0.2, -0.15) is 0 Å². The third kappa shape index (κ3) is 5.50. The van der Waals surface area contributed by atoms with Crippen LogP contribution in [-0.4, -0.2) is 22.9 Å². The molecule has 1 heterocycles. The molecule has 0 aliphatic carbocycles. The van der Waals surface area contributed by atoms with Crippen molar-refractivity contribution in [2.75, 3.05) is 0 Å². The maximum Gasteiger partial charge on any atom is 0.0916 e. The van der Waals surface area contributed by atoms with E-state index in [1.54, 1.807) is 0 Å². The second-order valence-electron chi connectivity index (χ2n) is 5.90. The zero-order chi connectivity index (χ0) is 14.1. The molecule has 19 heavy (non-hydrogen) atoms. The van der Waals surface area contributed by atoms with Gasteiger partial charge in [0.1, 0.15) is 0 Å². The second kappa shape index (κ2) is 8.55. The molecule has 3 atom stereocenters. The van der Waals surface area contributed by atoms with Crippen molar-refractivity contribution in [2.24, 2.45) is 0 Å². The molecule has 0 aromatic rings. The molecule has 2 heteroatoms. The fourth-order valence-corrected chi connectivity index (χ4v) is 2.81. The summed E-state index contributed by atoms with van der Waals surface area (Å²) < 4.78 is 6.08. The van der Waals surface area contributed by atoms with E-state index in [-0.39, 0.29) is 11.7 Å². The van der Waals surface area contributed by atoms with E-state index in [1.807, 2.05) is 12.2 Å². The van der Waals surface area contributed by atoms with Crippen molar-refractivity contribution >= 4 is 0 Å². The van der Waals surface area contributed by atoms with E-state index in [4.69, 9.17) is 4.74 Å². The molecule has 1 aliphatic heterocycles. The molecule has 2 nitrogen and oxygen atoms in total.